The molecule has 0 unspecified atom stereocenters. The fraction of sp³-hybridized carbons (Fsp3) is 0.455. The van der Waals surface area contributed by atoms with Crippen molar-refractivity contribution in [1.29, 1.82) is 0 Å². The first-order valence-electron chi connectivity index (χ1n) is 9.95. The van der Waals surface area contributed by atoms with Crippen LogP contribution in [0, 0.1) is 6.92 Å². The smallest absolute Gasteiger partial charge is 0.324 e. The SMILES string of the molecule is Cc1cc(CNCCCP(=O)(O)O)ccc1SCCCCCc1ccccc1. The maximum atomic E-state index is 10.8. The zero-order valence-electron chi connectivity index (χ0n) is 16.6. The van der Waals surface area contributed by atoms with Gasteiger partial charge in [-0.25, -0.2) is 0 Å². The molecular weight excluding hydrogens is 389 g/mol. The predicted molar refractivity (Wildman–Crippen MR) is 119 cm³/mol. The van der Waals surface area contributed by atoms with Gasteiger partial charge in [0, 0.05) is 11.4 Å². The fourth-order valence-corrected chi connectivity index (χ4v) is 4.65. The minimum absolute atomic E-state index is 0.0556. The maximum Gasteiger partial charge on any atom is 0.325 e. The first-order valence-corrected chi connectivity index (χ1v) is 12.7. The van der Waals surface area contributed by atoms with Crippen molar-refractivity contribution < 1.29 is 14.4 Å². The van der Waals surface area contributed by atoms with E-state index in [2.05, 4.69) is 60.8 Å². The summed E-state index contributed by atoms with van der Waals surface area (Å²) >= 11 is 1.93. The zero-order valence-corrected chi connectivity index (χ0v) is 18.4. The van der Waals surface area contributed by atoms with E-state index in [9.17, 15) is 4.57 Å². The van der Waals surface area contributed by atoms with Crippen molar-refractivity contribution in [2.24, 2.45) is 0 Å². The molecule has 4 nitrogen and oxygen atoms in total. The lowest BCUT2D eigenvalue weighted by molar-refractivity contribution is 0.371. The van der Waals surface area contributed by atoms with E-state index in [0.717, 1.165) is 12.3 Å². The van der Waals surface area contributed by atoms with E-state index < -0.39 is 7.60 Å². The van der Waals surface area contributed by atoms with Gasteiger partial charge in [0.1, 0.15) is 0 Å². The van der Waals surface area contributed by atoms with Crippen LogP contribution in [0.15, 0.2) is 53.4 Å². The minimum atomic E-state index is -3.87. The third-order valence-corrected chi connectivity index (χ3v) is 6.74. The Balaban J connectivity index is 1.60. The number of thioether (sulfide) groups is 1. The summed E-state index contributed by atoms with van der Waals surface area (Å²) in [7, 11) is -3.87. The van der Waals surface area contributed by atoms with Gasteiger partial charge in [-0.1, -0.05) is 48.9 Å². The molecule has 2 aromatic rings. The lowest BCUT2D eigenvalue weighted by Crippen LogP contribution is -2.15. The molecule has 6 heteroatoms. The quantitative estimate of drug-likeness (QED) is 0.237. The molecule has 0 aromatic heterocycles. The maximum absolute atomic E-state index is 10.8. The van der Waals surface area contributed by atoms with E-state index in [1.54, 1.807) is 0 Å². The molecule has 0 radical (unpaired) electrons. The fourth-order valence-electron chi connectivity index (χ4n) is 3.06. The largest absolute Gasteiger partial charge is 0.325 e. The Morgan fingerprint density at radius 3 is 2.46 bits per heavy atom. The van der Waals surface area contributed by atoms with Crippen molar-refractivity contribution in [1.82, 2.24) is 5.32 Å². The third-order valence-electron chi connectivity index (χ3n) is 4.58. The van der Waals surface area contributed by atoms with Gasteiger partial charge in [0.05, 0.1) is 6.16 Å². The van der Waals surface area contributed by atoms with Crippen LogP contribution in [-0.4, -0.2) is 28.2 Å². The Labute approximate surface area is 173 Å². The van der Waals surface area contributed by atoms with E-state index in [1.807, 2.05) is 11.8 Å². The summed E-state index contributed by atoms with van der Waals surface area (Å²) in [5.74, 6) is 1.15. The molecule has 0 amide bonds. The zero-order chi connectivity index (χ0) is 20.2. The summed E-state index contributed by atoms with van der Waals surface area (Å²) in [4.78, 5) is 19.0. The van der Waals surface area contributed by atoms with E-state index in [4.69, 9.17) is 9.79 Å². The third kappa shape index (κ3) is 9.90. The van der Waals surface area contributed by atoms with Crippen LogP contribution in [0.5, 0.6) is 0 Å². The van der Waals surface area contributed by atoms with Crippen LogP contribution >= 0.6 is 19.4 Å². The summed E-state index contributed by atoms with van der Waals surface area (Å²) in [6, 6.07) is 17.2. The van der Waals surface area contributed by atoms with Crippen LogP contribution in [0.4, 0.5) is 0 Å². The number of nitrogens with one attached hydrogen (secondary N) is 1. The monoisotopic (exact) mass is 421 g/mol. The number of unbranched alkanes of at least 4 members (excludes halogenated alkanes) is 2. The first kappa shape index (κ1) is 23.2. The molecule has 154 valence electrons. The lowest BCUT2D eigenvalue weighted by atomic mass is 10.1. The molecule has 0 heterocycles. The lowest BCUT2D eigenvalue weighted by Gasteiger charge is -2.10. The van der Waals surface area contributed by atoms with Crippen molar-refractivity contribution >= 4 is 19.4 Å². The van der Waals surface area contributed by atoms with Crippen LogP contribution in [-0.2, 0) is 17.5 Å². The molecule has 28 heavy (non-hydrogen) atoms. The van der Waals surface area contributed by atoms with E-state index in [-0.39, 0.29) is 6.16 Å². The highest BCUT2D eigenvalue weighted by atomic mass is 32.2. The number of hydrogen-bond acceptors (Lipinski definition) is 3. The average molecular weight is 422 g/mol. The van der Waals surface area contributed by atoms with Gasteiger partial charge >= 0.3 is 7.60 Å². The highest BCUT2D eigenvalue weighted by molar-refractivity contribution is 7.99. The molecule has 0 atom stereocenters. The summed E-state index contributed by atoms with van der Waals surface area (Å²) in [6.45, 7) is 3.49. The standard InChI is InChI=1S/C22H32NO3PS/c1-19-17-21(18-23-14-8-15-27(24,25)26)12-13-22(19)28-16-7-3-6-11-20-9-4-2-5-10-20/h2,4-5,9-10,12-13,17,23H,3,6-8,11,14-16,18H2,1H3,(H2,24,25,26). The second-order valence-electron chi connectivity index (χ2n) is 7.16. The molecule has 2 aromatic carbocycles. The Hall–Kier alpha value is -1.10. The second kappa shape index (κ2) is 12.5. The van der Waals surface area contributed by atoms with Gasteiger partial charge in [0.25, 0.3) is 0 Å². The number of hydrogen-bond donors (Lipinski definition) is 3. The van der Waals surface area contributed by atoms with Gasteiger partial charge < -0.3 is 15.1 Å². The van der Waals surface area contributed by atoms with Crippen LogP contribution in [0.25, 0.3) is 0 Å². The molecule has 0 aliphatic rings. The van der Waals surface area contributed by atoms with E-state index >= 15 is 0 Å². The molecule has 0 fully saturated rings. The van der Waals surface area contributed by atoms with Gasteiger partial charge in [-0.15, -0.1) is 11.8 Å². The molecular formula is C22H32NO3PS. The van der Waals surface area contributed by atoms with Crippen LogP contribution in [0.1, 0.15) is 42.4 Å². The highest BCUT2D eigenvalue weighted by Gasteiger charge is 2.11. The first-order chi connectivity index (χ1) is 13.4. The molecule has 0 aliphatic carbocycles. The normalized spacial score (nSPS) is 11.7. The Bertz CT molecular complexity index is 749. The summed E-state index contributed by atoms with van der Waals surface area (Å²) in [5, 5.41) is 3.25. The molecule has 0 bridgehead atoms. The predicted octanol–water partition coefficient (Wildman–Crippen LogP) is 5.16. The van der Waals surface area contributed by atoms with Crippen LogP contribution < -0.4 is 5.32 Å². The van der Waals surface area contributed by atoms with E-state index in [1.165, 1.54) is 47.3 Å². The van der Waals surface area contributed by atoms with Gasteiger partial charge in [0.15, 0.2) is 0 Å². The Kier molecular flexibility index (Phi) is 10.3. The molecule has 0 aliphatic heterocycles. The van der Waals surface area contributed by atoms with Gasteiger partial charge in [-0.3, -0.25) is 4.57 Å². The minimum Gasteiger partial charge on any atom is -0.324 e. The van der Waals surface area contributed by atoms with Crippen LogP contribution in [0.2, 0.25) is 0 Å². The molecule has 2 rings (SSSR count). The van der Waals surface area contributed by atoms with Crippen molar-refractivity contribution in [3.63, 3.8) is 0 Å². The number of rotatable bonds is 13. The highest BCUT2D eigenvalue weighted by Crippen LogP contribution is 2.34. The summed E-state index contributed by atoms with van der Waals surface area (Å²) in [5.41, 5.74) is 3.93. The van der Waals surface area contributed by atoms with Crippen molar-refractivity contribution in [3.05, 3.63) is 65.2 Å². The summed E-state index contributed by atoms with van der Waals surface area (Å²) in [6.07, 6.45) is 5.34. The number of aryl methyl sites for hydroxylation is 2. The average Bonchev–Trinajstić information content (AvgIpc) is 2.65. The van der Waals surface area contributed by atoms with Gasteiger partial charge in [-0.05, 0) is 67.7 Å². The molecule has 3 N–H and O–H groups in total. The Morgan fingerprint density at radius 1 is 0.964 bits per heavy atom. The van der Waals surface area contributed by atoms with Crippen LogP contribution in [0.3, 0.4) is 0 Å². The van der Waals surface area contributed by atoms with Gasteiger partial charge in [-0.2, -0.15) is 0 Å². The topological polar surface area (TPSA) is 69.6 Å². The van der Waals surface area contributed by atoms with Crippen molar-refractivity contribution in [2.75, 3.05) is 18.5 Å². The molecule has 0 saturated heterocycles. The Morgan fingerprint density at radius 2 is 1.75 bits per heavy atom. The van der Waals surface area contributed by atoms with Crippen molar-refractivity contribution in [3.8, 4) is 0 Å². The second-order valence-corrected chi connectivity index (χ2v) is 10.1. The van der Waals surface area contributed by atoms with Gasteiger partial charge in [0.2, 0.25) is 0 Å². The molecule has 0 saturated carbocycles. The van der Waals surface area contributed by atoms with E-state index in [0.29, 0.717) is 13.0 Å². The summed E-state index contributed by atoms with van der Waals surface area (Å²) < 4.78 is 10.8. The molecule has 0 spiro atoms. The van der Waals surface area contributed by atoms with Crippen molar-refractivity contribution in [2.45, 2.75) is 50.5 Å². The number of benzene rings is 2.